The second kappa shape index (κ2) is 8.31. The van der Waals surface area contributed by atoms with Gasteiger partial charge in [0.15, 0.2) is 0 Å². The van der Waals surface area contributed by atoms with Crippen LogP contribution >= 0.6 is 0 Å². The highest BCUT2D eigenvalue weighted by Gasteiger charge is 2.40. The average molecular weight is 475 g/mol. The second-order valence-corrected chi connectivity index (χ2v) is 10.1. The van der Waals surface area contributed by atoms with Crippen molar-refractivity contribution in [1.29, 1.82) is 0 Å². The number of sulfonamides is 1. The van der Waals surface area contributed by atoms with E-state index in [4.69, 9.17) is 4.11 Å². The molecule has 1 aliphatic heterocycles. The fraction of sp³-hybridized carbons (Fsp3) is 0.650. The second-order valence-electron chi connectivity index (χ2n) is 8.64. The zero-order valence-corrected chi connectivity index (χ0v) is 18.3. The molecule has 2 aromatic heterocycles. The number of nitrogens with one attached hydrogen (secondary N) is 1. The molecule has 0 radical (unpaired) electrons. The molecule has 2 fully saturated rings. The Morgan fingerprint density at radius 2 is 2.06 bits per heavy atom. The highest BCUT2D eigenvalue weighted by molar-refractivity contribution is 7.88. The van der Waals surface area contributed by atoms with E-state index >= 15 is 0 Å². The van der Waals surface area contributed by atoms with Crippen molar-refractivity contribution >= 4 is 27.0 Å². The number of pyridine rings is 1. The molecule has 2 N–H and O–H groups in total. The molecule has 3 heterocycles. The smallest absolute Gasteiger partial charge is 0.269 e. The molecule has 12 heteroatoms. The standard InChI is InChI=1S/C20H27F2N5O4S/c1-20(29)7-3-4-15(20)27-17-12(10-14(16(21)22)18(27)28)11-23-19(25-17)24-13-5-8-26(9-6-13)32(2,30)31/h10-11,13,15-16,29H,3-9H2,1-2H3,(H,23,24,25)/t15-,20-/m1/s1/i2D3. The first-order valence-corrected chi connectivity index (χ1v) is 11.9. The van der Waals surface area contributed by atoms with Crippen LogP contribution in [0.5, 0.6) is 0 Å². The van der Waals surface area contributed by atoms with Crippen molar-refractivity contribution in [2.75, 3.05) is 24.6 Å². The maximum atomic E-state index is 13.6. The van der Waals surface area contributed by atoms with Crippen LogP contribution in [0.2, 0.25) is 0 Å². The van der Waals surface area contributed by atoms with E-state index in [0.29, 0.717) is 32.1 Å². The Morgan fingerprint density at radius 1 is 1.34 bits per heavy atom. The summed E-state index contributed by atoms with van der Waals surface area (Å²) in [6.45, 7) is 1.57. The third-order valence-corrected chi connectivity index (χ3v) is 7.40. The van der Waals surface area contributed by atoms with Gasteiger partial charge in [-0.1, -0.05) is 0 Å². The monoisotopic (exact) mass is 474 g/mol. The summed E-state index contributed by atoms with van der Waals surface area (Å²) >= 11 is 0. The van der Waals surface area contributed by atoms with Gasteiger partial charge >= 0.3 is 0 Å². The van der Waals surface area contributed by atoms with E-state index in [1.54, 1.807) is 6.92 Å². The minimum Gasteiger partial charge on any atom is -0.388 e. The summed E-state index contributed by atoms with van der Waals surface area (Å²) in [6, 6.07) is 0.0580. The van der Waals surface area contributed by atoms with Crippen LogP contribution in [0, 0.1) is 0 Å². The van der Waals surface area contributed by atoms with Gasteiger partial charge in [-0.25, -0.2) is 26.5 Å². The Labute approximate surface area is 188 Å². The Kier molecular flexibility index (Phi) is 5.01. The summed E-state index contributed by atoms with van der Waals surface area (Å²) in [5, 5.41) is 14.1. The lowest BCUT2D eigenvalue weighted by Crippen LogP contribution is -2.42. The number of hydrogen-bond acceptors (Lipinski definition) is 7. The van der Waals surface area contributed by atoms with Gasteiger partial charge in [0, 0.05) is 34.8 Å². The number of aliphatic hydroxyl groups is 1. The zero-order chi connectivity index (χ0) is 25.8. The molecule has 176 valence electrons. The van der Waals surface area contributed by atoms with Gasteiger partial charge in [0.2, 0.25) is 16.0 Å². The van der Waals surface area contributed by atoms with Crippen LogP contribution in [-0.4, -0.2) is 63.3 Å². The zero-order valence-electron chi connectivity index (χ0n) is 20.5. The van der Waals surface area contributed by atoms with E-state index in [-0.39, 0.29) is 36.1 Å². The van der Waals surface area contributed by atoms with Crippen LogP contribution in [-0.2, 0) is 10.0 Å². The van der Waals surface area contributed by atoms with Gasteiger partial charge in [-0.15, -0.1) is 0 Å². The Morgan fingerprint density at radius 3 is 2.66 bits per heavy atom. The van der Waals surface area contributed by atoms with Crippen molar-refractivity contribution in [2.24, 2.45) is 0 Å². The van der Waals surface area contributed by atoms with Crippen molar-refractivity contribution in [2.45, 2.75) is 63.1 Å². The van der Waals surface area contributed by atoms with Crippen LogP contribution in [0.25, 0.3) is 11.0 Å². The quantitative estimate of drug-likeness (QED) is 0.681. The van der Waals surface area contributed by atoms with E-state index in [9.17, 15) is 27.1 Å². The third-order valence-electron chi connectivity index (χ3n) is 6.35. The van der Waals surface area contributed by atoms with Gasteiger partial charge in [-0.2, -0.15) is 4.98 Å². The minimum atomic E-state index is -4.42. The van der Waals surface area contributed by atoms with Gasteiger partial charge in [0.1, 0.15) is 5.65 Å². The van der Waals surface area contributed by atoms with E-state index in [1.807, 2.05) is 0 Å². The number of hydrogen-bond donors (Lipinski definition) is 2. The summed E-state index contributed by atoms with van der Waals surface area (Å²) in [4.78, 5) is 21.6. The van der Waals surface area contributed by atoms with Crippen LogP contribution in [0.1, 0.15) is 61.2 Å². The molecule has 1 saturated heterocycles. The first-order chi connectivity index (χ1) is 16.2. The van der Waals surface area contributed by atoms with Gasteiger partial charge in [0.05, 0.1) is 23.4 Å². The van der Waals surface area contributed by atoms with Crippen LogP contribution < -0.4 is 10.9 Å². The summed E-state index contributed by atoms with van der Waals surface area (Å²) in [5.41, 5.74) is -2.75. The molecule has 0 amide bonds. The maximum Gasteiger partial charge on any atom is 0.269 e. The van der Waals surface area contributed by atoms with Crippen molar-refractivity contribution < 1.29 is 26.4 Å². The predicted molar refractivity (Wildman–Crippen MR) is 115 cm³/mol. The molecule has 9 nitrogen and oxygen atoms in total. The number of halogens is 2. The van der Waals surface area contributed by atoms with Crippen molar-refractivity contribution in [3.8, 4) is 0 Å². The summed E-state index contributed by atoms with van der Waals surface area (Å²) in [5.74, 6) is 0.116. The lowest BCUT2D eigenvalue weighted by molar-refractivity contribution is 0.0261. The predicted octanol–water partition coefficient (Wildman–Crippen LogP) is 2.04. The number of piperidine rings is 1. The number of nitrogens with zero attached hydrogens (tertiary/aromatic N) is 4. The van der Waals surface area contributed by atoms with E-state index in [0.717, 1.165) is 14.9 Å². The molecule has 0 unspecified atom stereocenters. The topological polar surface area (TPSA) is 117 Å². The summed E-state index contributed by atoms with van der Waals surface area (Å²) in [7, 11) is -4.42. The van der Waals surface area contributed by atoms with Crippen LogP contribution in [0.15, 0.2) is 17.1 Å². The molecule has 4 rings (SSSR count). The Bertz CT molecular complexity index is 1280. The first-order valence-electron chi connectivity index (χ1n) is 11.9. The number of anilines is 1. The van der Waals surface area contributed by atoms with Crippen LogP contribution in [0.3, 0.4) is 0 Å². The maximum absolute atomic E-state index is 13.6. The SMILES string of the molecule is [2H]C([2H])([2H])S(=O)(=O)N1CCC(Nc2ncc3cc(C(F)F)c(=O)n([C@@H]4CCC[C@@]4(C)O)c3n2)CC1. The molecule has 2 aliphatic rings. The van der Waals surface area contributed by atoms with Crippen LogP contribution in [0.4, 0.5) is 14.7 Å². The molecular formula is C20H27F2N5O4S. The number of alkyl halides is 2. The molecule has 1 saturated carbocycles. The number of aromatic nitrogens is 3. The summed E-state index contributed by atoms with van der Waals surface area (Å²) < 4.78 is 75.2. The van der Waals surface area contributed by atoms with Crippen molar-refractivity contribution in [3.05, 3.63) is 28.2 Å². The molecule has 2 atom stereocenters. The number of fused-ring (bicyclic) bond motifs is 1. The van der Waals surface area contributed by atoms with E-state index in [1.165, 1.54) is 6.20 Å². The third kappa shape index (κ3) is 4.35. The molecular weight excluding hydrogens is 444 g/mol. The van der Waals surface area contributed by atoms with Crippen molar-refractivity contribution in [1.82, 2.24) is 18.8 Å². The highest BCUT2D eigenvalue weighted by atomic mass is 32.2. The van der Waals surface area contributed by atoms with Crippen molar-refractivity contribution in [3.63, 3.8) is 0 Å². The molecule has 0 aromatic carbocycles. The molecule has 0 spiro atoms. The van der Waals surface area contributed by atoms with Gasteiger partial charge in [-0.05, 0) is 45.1 Å². The minimum absolute atomic E-state index is 0.000626. The molecule has 32 heavy (non-hydrogen) atoms. The largest absolute Gasteiger partial charge is 0.388 e. The Hall–Kier alpha value is -2.18. The van der Waals surface area contributed by atoms with Gasteiger partial charge in [-0.3, -0.25) is 9.36 Å². The van der Waals surface area contributed by atoms with E-state index < -0.39 is 45.4 Å². The van der Waals surface area contributed by atoms with Gasteiger partial charge in [0.25, 0.3) is 12.0 Å². The average Bonchev–Trinajstić information content (AvgIpc) is 3.11. The Balaban J connectivity index is 1.63. The first kappa shape index (κ1) is 19.3. The molecule has 1 aliphatic carbocycles. The fourth-order valence-electron chi connectivity index (χ4n) is 4.62. The number of rotatable bonds is 5. The van der Waals surface area contributed by atoms with Gasteiger partial charge < -0.3 is 10.4 Å². The fourth-order valence-corrected chi connectivity index (χ4v) is 5.31. The summed E-state index contributed by atoms with van der Waals surface area (Å²) in [6.07, 6.45) is -2.74. The highest BCUT2D eigenvalue weighted by Crippen LogP contribution is 2.39. The molecule has 0 bridgehead atoms. The lowest BCUT2D eigenvalue weighted by atomic mass is 9.99. The normalized spacial score (nSPS) is 27.4. The lowest BCUT2D eigenvalue weighted by Gasteiger charge is -2.31. The van der Waals surface area contributed by atoms with E-state index in [2.05, 4.69) is 15.3 Å². The molecule has 2 aromatic rings.